The van der Waals surface area contributed by atoms with E-state index in [2.05, 4.69) is 0 Å². The van der Waals surface area contributed by atoms with Crippen LogP contribution in [0.2, 0.25) is 0 Å². The number of phenolic OH excluding ortho intramolecular Hbond substituents is 1. The third kappa shape index (κ3) is 4.35. The lowest BCUT2D eigenvalue weighted by molar-refractivity contribution is 0.104. The fourth-order valence-corrected chi connectivity index (χ4v) is 1.91. The third-order valence-corrected chi connectivity index (χ3v) is 3.07. The highest BCUT2D eigenvalue weighted by atomic mass is 16.5. The number of methoxy groups -OCH3 is 1. The summed E-state index contributed by atoms with van der Waals surface area (Å²) in [4.78, 5) is 12.1. The van der Waals surface area contributed by atoms with Gasteiger partial charge in [-0.05, 0) is 48.0 Å². The molecule has 2 aromatic rings. The van der Waals surface area contributed by atoms with E-state index in [1.165, 1.54) is 19.3 Å². The number of nitrogens with zero attached hydrogens (tertiary/aromatic N) is 1. The van der Waals surface area contributed by atoms with Gasteiger partial charge in [0.05, 0.1) is 7.11 Å². The van der Waals surface area contributed by atoms with Gasteiger partial charge in [-0.15, -0.1) is 0 Å². The Balaban J connectivity index is 2.06. The summed E-state index contributed by atoms with van der Waals surface area (Å²) in [7, 11) is 1.47. The number of rotatable bonds is 6. The van der Waals surface area contributed by atoms with Gasteiger partial charge in [0.25, 0.3) is 0 Å². The van der Waals surface area contributed by atoms with E-state index in [1.807, 2.05) is 6.07 Å². The minimum atomic E-state index is -0.174. The number of hydrogen-bond donors (Lipinski definition) is 1. The third-order valence-electron chi connectivity index (χ3n) is 3.07. The van der Waals surface area contributed by atoms with Gasteiger partial charge >= 0.3 is 0 Å². The number of ketones is 1. The van der Waals surface area contributed by atoms with E-state index in [1.54, 1.807) is 42.5 Å². The second-order valence-corrected chi connectivity index (χ2v) is 4.60. The van der Waals surface area contributed by atoms with Gasteiger partial charge in [0.15, 0.2) is 23.9 Å². The van der Waals surface area contributed by atoms with Crippen LogP contribution in [-0.4, -0.2) is 24.6 Å². The van der Waals surface area contributed by atoms with Gasteiger partial charge in [-0.3, -0.25) is 4.79 Å². The van der Waals surface area contributed by atoms with Gasteiger partial charge < -0.3 is 14.6 Å². The van der Waals surface area contributed by atoms with Gasteiger partial charge in [-0.25, -0.2) is 0 Å². The predicted molar refractivity (Wildman–Crippen MR) is 85.6 cm³/mol. The maximum Gasteiger partial charge on any atom is 0.185 e. The normalized spacial score (nSPS) is 10.3. The molecule has 0 aliphatic heterocycles. The second-order valence-electron chi connectivity index (χ2n) is 4.60. The quantitative estimate of drug-likeness (QED) is 0.654. The smallest absolute Gasteiger partial charge is 0.185 e. The minimum absolute atomic E-state index is 0.0149. The molecule has 23 heavy (non-hydrogen) atoms. The lowest BCUT2D eigenvalue weighted by Crippen LogP contribution is -1.96. The van der Waals surface area contributed by atoms with Crippen molar-refractivity contribution in [2.24, 2.45) is 0 Å². The van der Waals surface area contributed by atoms with Crippen LogP contribution in [0, 0.1) is 11.3 Å². The Kier molecular flexibility index (Phi) is 5.37. The predicted octanol–water partition coefficient (Wildman–Crippen LogP) is 3.20. The first-order valence-electron chi connectivity index (χ1n) is 6.83. The Labute approximate surface area is 134 Å². The van der Waals surface area contributed by atoms with Gasteiger partial charge in [-0.1, -0.05) is 12.1 Å². The Morgan fingerprint density at radius 2 is 2.00 bits per heavy atom. The molecule has 0 spiro atoms. The summed E-state index contributed by atoms with van der Waals surface area (Å²) < 4.78 is 10.1. The first-order chi connectivity index (χ1) is 11.1. The van der Waals surface area contributed by atoms with E-state index >= 15 is 0 Å². The number of carbonyl (C=O) groups excluding carboxylic acids is 1. The van der Waals surface area contributed by atoms with Crippen molar-refractivity contribution in [2.45, 2.75) is 0 Å². The van der Waals surface area contributed by atoms with Gasteiger partial charge in [0, 0.05) is 5.56 Å². The number of allylic oxidation sites excluding steroid dienone is 1. The Morgan fingerprint density at radius 3 is 2.61 bits per heavy atom. The number of ether oxygens (including phenoxy) is 2. The maximum atomic E-state index is 12.1. The van der Waals surface area contributed by atoms with Crippen molar-refractivity contribution in [3.63, 3.8) is 0 Å². The molecule has 2 aromatic carbocycles. The highest BCUT2D eigenvalue weighted by Crippen LogP contribution is 2.26. The molecule has 116 valence electrons. The fourth-order valence-electron chi connectivity index (χ4n) is 1.91. The van der Waals surface area contributed by atoms with Gasteiger partial charge in [0.1, 0.15) is 11.8 Å². The number of nitriles is 1. The summed E-state index contributed by atoms with van der Waals surface area (Å²) in [5.41, 5.74) is 1.19. The summed E-state index contributed by atoms with van der Waals surface area (Å²) in [5, 5.41) is 18.1. The van der Waals surface area contributed by atoms with Gasteiger partial charge in [-0.2, -0.15) is 5.26 Å². The molecule has 0 saturated carbocycles. The summed E-state index contributed by atoms with van der Waals surface area (Å²) in [5.74, 6) is 0.752. The molecule has 5 nitrogen and oxygen atoms in total. The molecule has 0 amide bonds. The second kappa shape index (κ2) is 7.66. The zero-order valence-electron chi connectivity index (χ0n) is 12.5. The van der Waals surface area contributed by atoms with E-state index in [9.17, 15) is 9.90 Å². The Bertz CT molecular complexity index is 758. The molecule has 0 radical (unpaired) electrons. The number of phenols is 1. The van der Waals surface area contributed by atoms with Crippen LogP contribution in [0.15, 0.2) is 48.5 Å². The molecule has 2 rings (SSSR count). The van der Waals surface area contributed by atoms with E-state index in [0.29, 0.717) is 22.6 Å². The molecule has 0 heterocycles. The summed E-state index contributed by atoms with van der Waals surface area (Å²) in [6.45, 7) is -0.0336. The van der Waals surface area contributed by atoms with E-state index in [0.717, 1.165) is 0 Å². The van der Waals surface area contributed by atoms with Crippen LogP contribution in [0.5, 0.6) is 17.2 Å². The molecule has 0 aliphatic rings. The van der Waals surface area contributed by atoms with Crippen LogP contribution >= 0.6 is 0 Å². The Hall–Kier alpha value is -3.26. The molecule has 0 atom stereocenters. The monoisotopic (exact) mass is 309 g/mol. The van der Waals surface area contributed by atoms with Crippen molar-refractivity contribution in [2.75, 3.05) is 13.7 Å². The summed E-state index contributed by atoms with van der Waals surface area (Å²) in [6, 6.07) is 13.3. The molecule has 1 N–H and O–H groups in total. The van der Waals surface area contributed by atoms with Crippen LogP contribution < -0.4 is 9.47 Å². The van der Waals surface area contributed by atoms with Crippen LogP contribution in [0.4, 0.5) is 0 Å². The molecular formula is C18H15NO4. The highest BCUT2D eigenvalue weighted by molar-refractivity contribution is 6.06. The lowest BCUT2D eigenvalue weighted by Gasteiger charge is -2.03. The topological polar surface area (TPSA) is 79.5 Å². The molecule has 0 fully saturated rings. The zero-order valence-corrected chi connectivity index (χ0v) is 12.5. The SMILES string of the molecule is COc1ccc(/C=C/C(=O)c2ccc(OCC#N)cc2)cc1O. The molecule has 0 saturated heterocycles. The number of aromatic hydroxyl groups is 1. The number of hydrogen-bond acceptors (Lipinski definition) is 5. The van der Waals surface area contributed by atoms with E-state index in [-0.39, 0.29) is 18.1 Å². The van der Waals surface area contributed by atoms with Crippen molar-refractivity contribution in [1.82, 2.24) is 0 Å². The number of benzene rings is 2. The molecule has 0 unspecified atom stereocenters. The number of carbonyl (C=O) groups is 1. The molecule has 5 heteroatoms. The average Bonchev–Trinajstić information content (AvgIpc) is 2.58. The van der Waals surface area contributed by atoms with Crippen LogP contribution in [0.1, 0.15) is 15.9 Å². The van der Waals surface area contributed by atoms with Crippen LogP contribution in [-0.2, 0) is 0 Å². The van der Waals surface area contributed by atoms with Gasteiger partial charge in [0.2, 0.25) is 0 Å². The van der Waals surface area contributed by atoms with Crippen LogP contribution in [0.3, 0.4) is 0 Å². The molecule has 0 aromatic heterocycles. The largest absolute Gasteiger partial charge is 0.504 e. The maximum absolute atomic E-state index is 12.1. The Morgan fingerprint density at radius 1 is 1.26 bits per heavy atom. The molecular weight excluding hydrogens is 294 g/mol. The minimum Gasteiger partial charge on any atom is -0.504 e. The molecule has 0 bridgehead atoms. The first kappa shape index (κ1) is 16.1. The van der Waals surface area contributed by atoms with E-state index < -0.39 is 0 Å². The fraction of sp³-hybridized carbons (Fsp3) is 0.111. The van der Waals surface area contributed by atoms with E-state index in [4.69, 9.17) is 14.7 Å². The van der Waals surface area contributed by atoms with Crippen molar-refractivity contribution in [3.05, 3.63) is 59.7 Å². The lowest BCUT2D eigenvalue weighted by atomic mass is 10.1. The van der Waals surface area contributed by atoms with Crippen molar-refractivity contribution < 1.29 is 19.4 Å². The first-order valence-corrected chi connectivity index (χ1v) is 6.83. The van der Waals surface area contributed by atoms with Crippen molar-refractivity contribution in [1.29, 1.82) is 5.26 Å². The standard InChI is InChI=1S/C18H15NO4/c1-22-18-9-3-13(12-17(18)21)2-8-16(20)14-4-6-15(7-5-14)23-11-10-19/h2-9,12,21H,11H2,1H3/b8-2+. The molecule has 0 aliphatic carbocycles. The van der Waals surface area contributed by atoms with Crippen molar-refractivity contribution in [3.8, 4) is 23.3 Å². The van der Waals surface area contributed by atoms with Crippen molar-refractivity contribution >= 4 is 11.9 Å². The zero-order chi connectivity index (χ0) is 16.7. The summed E-state index contributed by atoms with van der Waals surface area (Å²) >= 11 is 0. The van der Waals surface area contributed by atoms with Crippen LogP contribution in [0.25, 0.3) is 6.08 Å². The average molecular weight is 309 g/mol. The highest BCUT2D eigenvalue weighted by Gasteiger charge is 2.04. The summed E-state index contributed by atoms with van der Waals surface area (Å²) in [6.07, 6.45) is 3.04.